The van der Waals surface area contributed by atoms with Crippen LogP contribution in [0.1, 0.15) is 53.4 Å². The van der Waals surface area contributed by atoms with Gasteiger partial charge in [0.2, 0.25) is 0 Å². The van der Waals surface area contributed by atoms with Crippen molar-refractivity contribution in [3.8, 4) is 11.5 Å². The minimum atomic E-state index is -1.37. The number of hydrogen-bond donors (Lipinski definition) is 0. The molecule has 1 rings (SSSR count). The molecule has 0 spiro atoms. The number of hydrogen-bond acceptors (Lipinski definition) is 1. The highest BCUT2D eigenvalue weighted by Gasteiger charge is 2.35. The molecule has 0 aromatic carbocycles. The van der Waals surface area contributed by atoms with Gasteiger partial charge < -0.3 is 4.79 Å². The first-order valence-corrected chi connectivity index (χ1v) is 10.2. The summed E-state index contributed by atoms with van der Waals surface area (Å²) in [5, 5.41) is 0. The average Bonchev–Trinajstić information content (AvgIpc) is 2.41. The van der Waals surface area contributed by atoms with Gasteiger partial charge in [-0.15, -0.1) is 11.5 Å². The van der Waals surface area contributed by atoms with Crippen molar-refractivity contribution in [1.82, 2.24) is 0 Å². The summed E-state index contributed by atoms with van der Waals surface area (Å²) < 4.78 is 0. The van der Waals surface area contributed by atoms with Gasteiger partial charge in [0, 0.05) is 11.3 Å². The Kier molecular flexibility index (Phi) is 5.66. The van der Waals surface area contributed by atoms with Gasteiger partial charge in [-0.2, -0.15) is 0 Å². The third-order valence-electron chi connectivity index (χ3n) is 5.09. The molecule has 0 saturated heterocycles. The lowest BCUT2D eigenvalue weighted by atomic mass is 9.69. The fourth-order valence-electron chi connectivity index (χ4n) is 3.02. The summed E-state index contributed by atoms with van der Waals surface area (Å²) in [5.41, 5.74) is 3.64. The summed E-state index contributed by atoms with van der Waals surface area (Å²) >= 11 is 0. The molecular formula is C16H28OSi. The molecule has 2 atom stereocenters. The van der Waals surface area contributed by atoms with Crippen LogP contribution in [0.4, 0.5) is 0 Å². The molecule has 0 aliphatic heterocycles. The minimum Gasteiger partial charge on any atom is -0.303 e. The van der Waals surface area contributed by atoms with Gasteiger partial charge in [0.15, 0.2) is 0 Å². The Morgan fingerprint density at radius 2 is 1.83 bits per heavy atom. The number of carbonyl (C=O) groups excluding carboxylic acids is 1. The smallest absolute Gasteiger partial charge is 0.137 e. The van der Waals surface area contributed by atoms with Crippen molar-refractivity contribution in [2.24, 2.45) is 11.3 Å². The van der Waals surface area contributed by atoms with E-state index in [1.54, 1.807) is 0 Å². The molecule has 1 saturated carbocycles. The van der Waals surface area contributed by atoms with Crippen LogP contribution in [0, 0.1) is 22.8 Å². The Balaban J connectivity index is 2.96. The van der Waals surface area contributed by atoms with E-state index >= 15 is 0 Å². The van der Waals surface area contributed by atoms with Crippen molar-refractivity contribution < 1.29 is 4.79 Å². The number of rotatable bonds is 4. The van der Waals surface area contributed by atoms with E-state index in [1.165, 1.54) is 31.0 Å². The van der Waals surface area contributed by atoms with Crippen LogP contribution in [0.5, 0.6) is 0 Å². The second kappa shape index (κ2) is 6.57. The lowest BCUT2D eigenvalue weighted by Crippen LogP contribution is -2.34. The van der Waals surface area contributed by atoms with Gasteiger partial charge in [0.25, 0.3) is 0 Å². The minimum absolute atomic E-state index is 0.0439. The normalized spacial score (nSPS) is 28.3. The molecular weight excluding hydrogens is 236 g/mol. The maximum atomic E-state index is 11.3. The van der Waals surface area contributed by atoms with Crippen molar-refractivity contribution in [2.75, 3.05) is 0 Å². The third kappa shape index (κ3) is 3.26. The van der Waals surface area contributed by atoms with Gasteiger partial charge in [-0.3, -0.25) is 0 Å². The van der Waals surface area contributed by atoms with Crippen LogP contribution in [0.15, 0.2) is 0 Å². The molecule has 0 aromatic heterocycles. The largest absolute Gasteiger partial charge is 0.303 e. The van der Waals surface area contributed by atoms with E-state index in [-0.39, 0.29) is 11.3 Å². The van der Waals surface area contributed by atoms with Crippen molar-refractivity contribution in [2.45, 2.75) is 71.5 Å². The zero-order valence-electron chi connectivity index (χ0n) is 12.5. The zero-order chi connectivity index (χ0) is 13.6. The predicted octanol–water partition coefficient (Wildman–Crippen LogP) is 4.43. The van der Waals surface area contributed by atoms with E-state index in [2.05, 4.69) is 39.2 Å². The van der Waals surface area contributed by atoms with E-state index in [1.807, 2.05) is 0 Å². The van der Waals surface area contributed by atoms with Crippen LogP contribution in [0.25, 0.3) is 0 Å². The summed E-state index contributed by atoms with van der Waals surface area (Å²) in [4.78, 5) is 11.3. The van der Waals surface area contributed by atoms with E-state index in [4.69, 9.17) is 0 Å². The highest BCUT2D eigenvalue weighted by molar-refractivity contribution is 6.87. The van der Waals surface area contributed by atoms with Crippen LogP contribution < -0.4 is 0 Å². The van der Waals surface area contributed by atoms with E-state index < -0.39 is 8.07 Å². The second-order valence-electron chi connectivity index (χ2n) is 6.00. The van der Waals surface area contributed by atoms with Crippen LogP contribution in [0.2, 0.25) is 18.1 Å². The number of aldehydes is 1. The summed E-state index contributed by atoms with van der Waals surface area (Å²) in [7, 11) is -1.37. The van der Waals surface area contributed by atoms with Gasteiger partial charge in [-0.25, -0.2) is 0 Å². The zero-order valence-corrected chi connectivity index (χ0v) is 13.5. The van der Waals surface area contributed by atoms with Crippen molar-refractivity contribution >= 4 is 14.4 Å². The summed E-state index contributed by atoms with van der Waals surface area (Å²) in [6.45, 7) is 9.06. The second-order valence-corrected chi connectivity index (χ2v) is 10.9. The highest BCUT2D eigenvalue weighted by atomic mass is 28.3. The van der Waals surface area contributed by atoms with Crippen molar-refractivity contribution in [1.29, 1.82) is 0 Å². The summed E-state index contributed by atoms with van der Waals surface area (Å²) in [6.07, 6.45) is 5.71. The monoisotopic (exact) mass is 264 g/mol. The predicted molar refractivity (Wildman–Crippen MR) is 81.1 cm³/mol. The molecule has 0 aromatic rings. The Morgan fingerprint density at radius 3 is 2.33 bits per heavy atom. The van der Waals surface area contributed by atoms with Gasteiger partial charge in [0.05, 0.1) is 0 Å². The van der Waals surface area contributed by atoms with Crippen molar-refractivity contribution in [3.63, 3.8) is 0 Å². The topological polar surface area (TPSA) is 17.1 Å². The molecule has 0 bridgehead atoms. The van der Waals surface area contributed by atoms with Crippen LogP contribution in [0.3, 0.4) is 0 Å². The SMILES string of the molecule is CC[Si](C#C[C@]1(C)CCCC[C@@H]1C=O)(CC)CC. The average molecular weight is 264 g/mol. The van der Waals surface area contributed by atoms with Crippen LogP contribution in [-0.4, -0.2) is 14.4 Å². The Bertz CT molecular complexity index is 326. The van der Waals surface area contributed by atoms with Crippen molar-refractivity contribution in [3.05, 3.63) is 0 Å². The molecule has 0 amide bonds. The summed E-state index contributed by atoms with van der Waals surface area (Å²) in [5.74, 6) is 3.74. The molecule has 1 nitrogen and oxygen atoms in total. The molecule has 0 radical (unpaired) electrons. The molecule has 18 heavy (non-hydrogen) atoms. The summed E-state index contributed by atoms with van der Waals surface area (Å²) in [6, 6.07) is 3.73. The van der Waals surface area contributed by atoms with Gasteiger partial charge >= 0.3 is 0 Å². The van der Waals surface area contributed by atoms with Crippen LogP contribution in [-0.2, 0) is 4.79 Å². The first-order chi connectivity index (χ1) is 8.55. The maximum Gasteiger partial charge on any atom is 0.137 e. The highest BCUT2D eigenvalue weighted by Crippen LogP contribution is 2.39. The fourth-order valence-corrected chi connectivity index (χ4v) is 5.61. The van der Waals surface area contributed by atoms with Gasteiger partial charge in [-0.1, -0.05) is 33.6 Å². The fraction of sp³-hybridized carbons (Fsp3) is 0.812. The number of carbonyl (C=O) groups is 1. The lowest BCUT2D eigenvalue weighted by Gasteiger charge is -2.35. The molecule has 0 unspecified atom stereocenters. The Hall–Kier alpha value is -0.553. The van der Waals surface area contributed by atoms with E-state index in [0.717, 1.165) is 19.1 Å². The Labute approximate surface area is 114 Å². The first-order valence-electron chi connectivity index (χ1n) is 7.55. The maximum absolute atomic E-state index is 11.3. The van der Waals surface area contributed by atoms with Gasteiger partial charge in [-0.05, 0) is 37.9 Å². The van der Waals surface area contributed by atoms with Crippen LogP contribution >= 0.6 is 0 Å². The molecule has 1 fully saturated rings. The lowest BCUT2D eigenvalue weighted by molar-refractivity contribution is -0.114. The molecule has 2 heteroatoms. The molecule has 1 aliphatic carbocycles. The molecule has 0 N–H and O–H groups in total. The van der Waals surface area contributed by atoms with E-state index in [9.17, 15) is 4.79 Å². The standard InChI is InChI=1S/C16H28OSi/c1-5-18(6-2,7-3)13-12-16(4)11-9-8-10-15(16)14-17/h14-15H,5-11H2,1-4H3/t15-,16+/m1/s1. The molecule has 102 valence electrons. The third-order valence-corrected chi connectivity index (χ3v) is 9.80. The molecule has 1 aliphatic rings. The first kappa shape index (κ1) is 15.5. The van der Waals surface area contributed by atoms with Gasteiger partial charge in [0.1, 0.15) is 14.4 Å². The quantitative estimate of drug-likeness (QED) is 0.417. The van der Waals surface area contributed by atoms with E-state index in [0.29, 0.717) is 0 Å². The Morgan fingerprint density at radius 1 is 1.22 bits per heavy atom. The molecule has 0 heterocycles.